The summed E-state index contributed by atoms with van der Waals surface area (Å²) in [6.45, 7) is 2.25. The van der Waals surface area contributed by atoms with Gasteiger partial charge < -0.3 is 14.7 Å². The molecule has 148 valence electrons. The van der Waals surface area contributed by atoms with Crippen LogP contribution < -0.4 is 9.64 Å². The highest BCUT2D eigenvalue weighted by Gasteiger charge is 2.52. The van der Waals surface area contributed by atoms with Crippen LogP contribution in [0.15, 0.2) is 11.4 Å². The van der Waals surface area contributed by atoms with Gasteiger partial charge in [-0.15, -0.1) is 0 Å². The smallest absolute Gasteiger partial charge is 0.407 e. The van der Waals surface area contributed by atoms with Crippen LogP contribution in [0.5, 0.6) is 5.88 Å². The highest BCUT2D eigenvalue weighted by molar-refractivity contribution is 7.84. The first-order valence-electron chi connectivity index (χ1n) is 9.01. The minimum atomic E-state index is -1.51. The zero-order chi connectivity index (χ0) is 19.7. The minimum absolute atomic E-state index is 0.0149. The van der Waals surface area contributed by atoms with E-state index in [1.165, 1.54) is 11.2 Å². The summed E-state index contributed by atoms with van der Waals surface area (Å²) in [5.41, 5.74) is 0.0149. The maximum atomic E-state index is 14.5. The Morgan fingerprint density at radius 2 is 2.18 bits per heavy atom. The van der Waals surface area contributed by atoms with Crippen LogP contribution >= 0.6 is 0 Å². The third-order valence-electron chi connectivity index (χ3n) is 5.84. The van der Waals surface area contributed by atoms with Gasteiger partial charge in [0.25, 0.3) is 0 Å². The zero-order valence-electron chi connectivity index (χ0n) is 15.2. The average molecular weight is 407 g/mol. The summed E-state index contributed by atoms with van der Waals surface area (Å²) in [6, 6.07) is -0.774. The van der Waals surface area contributed by atoms with E-state index in [4.69, 9.17) is 4.74 Å². The number of fused-ring (bicyclic) bond motifs is 5. The monoisotopic (exact) mass is 407 g/mol. The van der Waals surface area contributed by atoms with Gasteiger partial charge in [-0.2, -0.15) is 0 Å². The van der Waals surface area contributed by atoms with Gasteiger partial charge in [0.05, 0.1) is 35.1 Å². The van der Waals surface area contributed by atoms with Crippen LogP contribution in [0.2, 0.25) is 0 Å². The number of pyridine rings is 1. The Hall–Kier alpha value is -2.56. The first-order chi connectivity index (χ1) is 13.4. The second-order valence-corrected chi connectivity index (χ2v) is 8.65. The molecule has 2 aromatic heterocycles. The summed E-state index contributed by atoms with van der Waals surface area (Å²) in [7, 11) is -1.51. The molecule has 0 aliphatic carbocycles. The van der Waals surface area contributed by atoms with Crippen LogP contribution in [-0.4, -0.2) is 72.3 Å². The van der Waals surface area contributed by atoms with Crippen molar-refractivity contribution in [1.82, 2.24) is 19.9 Å². The van der Waals surface area contributed by atoms with Gasteiger partial charge in [0, 0.05) is 12.8 Å². The fourth-order valence-electron chi connectivity index (χ4n) is 4.79. The Morgan fingerprint density at radius 3 is 2.89 bits per heavy atom. The lowest BCUT2D eigenvalue weighted by Gasteiger charge is -2.47. The number of nitrogens with zero attached hydrogens (tertiary/aromatic N) is 5. The number of anilines is 1. The quantitative estimate of drug-likeness (QED) is 0.707. The van der Waals surface area contributed by atoms with Crippen LogP contribution in [0.1, 0.15) is 19.8 Å². The summed E-state index contributed by atoms with van der Waals surface area (Å²) in [4.78, 5) is 28.0. The van der Waals surface area contributed by atoms with E-state index < -0.39 is 28.8 Å². The topological polar surface area (TPSA) is 109 Å². The van der Waals surface area contributed by atoms with E-state index in [2.05, 4.69) is 15.0 Å². The van der Waals surface area contributed by atoms with Gasteiger partial charge in [0.1, 0.15) is 22.8 Å². The number of halogens is 1. The molecule has 3 aliphatic rings. The molecule has 9 nitrogen and oxygen atoms in total. The highest BCUT2D eigenvalue weighted by Crippen LogP contribution is 2.44. The fourth-order valence-corrected chi connectivity index (χ4v) is 5.22. The van der Waals surface area contributed by atoms with Gasteiger partial charge in [-0.3, -0.25) is 9.11 Å². The lowest BCUT2D eigenvalue weighted by molar-refractivity contribution is 0.0707. The van der Waals surface area contributed by atoms with E-state index >= 15 is 0 Å². The molecule has 2 bridgehead atoms. The Balaban J connectivity index is 1.76. The van der Waals surface area contributed by atoms with Crippen molar-refractivity contribution in [2.45, 2.75) is 49.2 Å². The van der Waals surface area contributed by atoms with Gasteiger partial charge in [-0.25, -0.2) is 24.1 Å². The van der Waals surface area contributed by atoms with Crippen LogP contribution in [0.3, 0.4) is 0 Å². The summed E-state index contributed by atoms with van der Waals surface area (Å²) >= 11 is 0. The van der Waals surface area contributed by atoms with Crippen molar-refractivity contribution in [3.63, 3.8) is 0 Å². The normalized spacial score (nSPS) is 29.2. The van der Waals surface area contributed by atoms with Crippen LogP contribution in [0, 0.1) is 5.82 Å². The second-order valence-electron chi connectivity index (χ2n) is 7.37. The maximum Gasteiger partial charge on any atom is 0.407 e. The average Bonchev–Trinajstić information content (AvgIpc) is 2.90. The van der Waals surface area contributed by atoms with E-state index in [1.54, 1.807) is 0 Å². The standard InChI is InChI=1S/C17H18FN5O4S/c1-7-13-10-4-3-8(23(10)17(24)25)6-22(13)14-11-12(20-16(21-14)28(2)26)9(18)5-19-15(11)27-7/h5,7-8,10,13H,3-4,6H2,1-2H3,(H,24,25). The molecule has 28 heavy (non-hydrogen) atoms. The number of piperazine rings is 1. The molecule has 2 aromatic rings. The Labute approximate surface area is 162 Å². The van der Waals surface area contributed by atoms with Gasteiger partial charge in [-0.05, 0) is 19.8 Å². The van der Waals surface area contributed by atoms with E-state index in [9.17, 15) is 18.5 Å². The first-order valence-corrected chi connectivity index (χ1v) is 10.6. The number of carbonyl (C=O) groups is 1. The van der Waals surface area contributed by atoms with Crippen LogP contribution in [0.4, 0.5) is 15.0 Å². The lowest BCUT2D eigenvalue weighted by atomic mass is 9.98. The van der Waals surface area contributed by atoms with Crippen molar-refractivity contribution < 1.29 is 23.2 Å². The predicted molar refractivity (Wildman–Crippen MR) is 97.5 cm³/mol. The minimum Gasteiger partial charge on any atom is -0.472 e. The molecule has 5 unspecified atom stereocenters. The summed E-state index contributed by atoms with van der Waals surface area (Å²) in [6.07, 6.45) is 2.57. The van der Waals surface area contributed by atoms with Crippen LogP contribution in [-0.2, 0) is 10.8 Å². The first kappa shape index (κ1) is 17.5. The molecule has 5 heterocycles. The SMILES string of the molecule is CC1Oc2ncc(F)c3nc(S(C)=O)nc(c23)N2CC3CCC(C12)N3C(=O)O. The van der Waals surface area contributed by atoms with E-state index in [0.29, 0.717) is 24.2 Å². The van der Waals surface area contributed by atoms with E-state index in [0.717, 1.165) is 12.6 Å². The van der Waals surface area contributed by atoms with Gasteiger partial charge in [0.2, 0.25) is 11.0 Å². The number of hydrogen-bond donors (Lipinski definition) is 1. The number of rotatable bonds is 1. The molecule has 2 saturated heterocycles. The molecular formula is C17H18FN5O4S. The zero-order valence-corrected chi connectivity index (χ0v) is 16.0. The number of amides is 1. The number of aromatic nitrogens is 3. The van der Waals surface area contributed by atoms with Crippen molar-refractivity contribution >= 4 is 33.6 Å². The van der Waals surface area contributed by atoms with Crippen molar-refractivity contribution in [2.75, 3.05) is 17.7 Å². The molecule has 0 aromatic carbocycles. The van der Waals surface area contributed by atoms with E-state index in [-0.39, 0.29) is 34.7 Å². The van der Waals surface area contributed by atoms with Crippen molar-refractivity contribution in [1.29, 1.82) is 0 Å². The Bertz CT molecular complexity index is 1040. The lowest BCUT2D eigenvalue weighted by Crippen LogP contribution is -2.64. The molecule has 0 radical (unpaired) electrons. The Morgan fingerprint density at radius 1 is 1.39 bits per heavy atom. The largest absolute Gasteiger partial charge is 0.472 e. The molecule has 3 aliphatic heterocycles. The second kappa shape index (κ2) is 5.97. The van der Waals surface area contributed by atoms with E-state index in [1.807, 2.05) is 11.8 Å². The Kier molecular flexibility index (Phi) is 3.74. The molecular weight excluding hydrogens is 389 g/mol. The third kappa shape index (κ3) is 2.31. The van der Waals surface area contributed by atoms with Gasteiger partial charge in [0.15, 0.2) is 5.82 Å². The van der Waals surface area contributed by atoms with Crippen molar-refractivity contribution in [2.24, 2.45) is 0 Å². The molecule has 0 saturated carbocycles. The molecule has 5 atom stereocenters. The number of hydrogen-bond acceptors (Lipinski definition) is 7. The number of carboxylic acid groups (broad SMARTS) is 1. The number of ether oxygens (including phenoxy) is 1. The van der Waals surface area contributed by atoms with Crippen molar-refractivity contribution in [3.05, 3.63) is 12.0 Å². The summed E-state index contributed by atoms with van der Waals surface area (Å²) in [5, 5.41) is 10.1. The molecule has 1 N–H and O–H groups in total. The van der Waals surface area contributed by atoms with Gasteiger partial charge >= 0.3 is 6.09 Å². The third-order valence-corrected chi connectivity index (χ3v) is 6.54. The highest BCUT2D eigenvalue weighted by atomic mass is 32.2. The van der Waals surface area contributed by atoms with Gasteiger partial charge in [-0.1, -0.05) is 0 Å². The maximum absolute atomic E-state index is 14.5. The summed E-state index contributed by atoms with van der Waals surface area (Å²) in [5.74, 6) is -0.0241. The predicted octanol–water partition coefficient (Wildman–Crippen LogP) is 1.38. The molecule has 1 amide bonds. The fraction of sp³-hybridized carbons (Fsp3) is 0.529. The molecule has 11 heteroatoms. The van der Waals surface area contributed by atoms with Crippen molar-refractivity contribution in [3.8, 4) is 5.88 Å². The summed E-state index contributed by atoms with van der Waals surface area (Å²) < 4.78 is 32.6. The van der Waals surface area contributed by atoms with Crippen LogP contribution in [0.25, 0.3) is 10.9 Å². The molecule has 0 spiro atoms. The molecule has 2 fully saturated rings. The molecule has 5 rings (SSSR count).